The van der Waals surface area contributed by atoms with Gasteiger partial charge in [0.15, 0.2) is 0 Å². The normalized spacial score (nSPS) is 12.0. The first-order valence-corrected chi connectivity index (χ1v) is 9.72. The fraction of sp³-hybridized carbons (Fsp3) is 0.333. The van der Waals surface area contributed by atoms with E-state index < -0.39 is 0 Å². The van der Waals surface area contributed by atoms with Crippen LogP contribution in [0.3, 0.4) is 0 Å². The maximum absolute atomic E-state index is 13.1. The van der Waals surface area contributed by atoms with Crippen LogP contribution in [0.15, 0.2) is 54.6 Å². The van der Waals surface area contributed by atoms with Crippen LogP contribution in [-0.4, -0.2) is 27.6 Å². The number of carbonyl (C=O) groups is 1. The molecule has 0 radical (unpaired) electrons. The molecule has 0 saturated carbocycles. The smallest absolute Gasteiger partial charge is 0.223 e. The zero-order valence-corrected chi connectivity index (χ0v) is 17.4. The number of hydrogen-bond acceptors (Lipinski definition) is 2. The summed E-state index contributed by atoms with van der Waals surface area (Å²) in [5, 5.41) is 4.47. The number of amides is 1. The first-order valence-electron chi connectivity index (χ1n) is 9.72. The highest BCUT2D eigenvalue weighted by molar-refractivity contribution is 5.77. The molecule has 3 aromatic rings. The predicted octanol–water partition coefficient (Wildman–Crippen LogP) is 4.53. The van der Waals surface area contributed by atoms with Gasteiger partial charge in [-0.25, -0.2) is 0 Å². The summed E-state index contributed by atoms with van der Waals surface area (Å²) in [6.45, 7) is 6.75. The maximum atomic E-state index is 13.1. The Kier molecular flexibility index (Phi) is 5.98. The third-order valence-corrected chi connectivity index (χ3v) is 5.62. The van der Waals surface area contributed by atoms with Gasteiger partial charge in [-0.1, -0.05) is 54.6 Å². The van der Waals surface area contributed by atoms with Gasteiger partial charge in [-0.3, -0.25) is 9.48 Å². The molecule has 0 saturated heterocycles. The predicted molar refractivity (Wildman–Crippen MR) is 113 cm³/mol. The fourth-order valence-electron chi connectivity index (χ4n) is 3.77. The van der Waals surface area contributed by atoms with Crippen LogP contribution in [0.2, 0.25) is 0 Å². The van der Waals surface area contributed by atoms with Crippen LogP contribution in [0.25, 0.3) is 0 Å². The molecule has 0 unspecified atom stereocenters. The Morgan fingerprint density at radius 3 is 2.29 bits per heavy atom. The lowest BCUT2D eigenvalue weighted by Crippen LogP contribution is -2.28. The van der Waals surface area contributed by atoms with Crippen LogP contribution in [0.5, 0.6) is 0 Å². The zero-order valence-electron chi connectivity index (χ0n) is 17.4. The molecule has 0 aliphatic carbocycles. The Labute approximate surface area is 167 Å². The lowest BCUT2D eigenvalue weighted by molar-refractivity contribution is -0.130. The summed E-state index contributed by atoms with van der Waals surface area (Å²) in [5.41, 5.74) is 6.82. The van der Waals surface area contributed by atoms with Gasteiger partial charge in [0, 0.05) is 44.2 Å². The minimum absolute atomic E-state index is 0.0495. The van der Waals surface area contributed by atoms with Crippen molar-refractivity contribution < 1.29 is 4.79 Å². The van der Waals surface area contributed by atoms with Crippen molar-refractivity contribution in [3.05, 3.63) is 88.2 Å². The number of rotatable bonds is 6. The molecule has 3 rings (SSSR count). The van der Waals surface area contributed by atoms with E-state index in [9.17, 15) is 4.79 Å². The highest BCUT2D eigenvalue weighted by Gasteiger charge is 2.23. The molecule has 28 heavy (non-hydrogen) atoms. The number of benzene rings is 2. The number of nitrogens with zero attached hydrogens (tertiary/aromatic N) is 3. The Balaban J connectivity index is 1.84. The van der Waals surface area contributed by atoms with E-state index in [1.807, 2.05) is 61.8 Å². The van der Waals surface area contributed by atoms with Crippen molar-refractivity contribution in [1.82, 2.24) is 14.7 Å². The van der Waals surface area contributed by atoms with E-state index in [4.69, 9.17) is 0 Å². The lowest BCUT2D eigenvalue weighted by Gasteiger charge is -2.24. The summed E-state index contributed by atoms with van der Waals surface area (Å²) in [7, 11) is 3.82. The van der Waals surface area contributed by atoms with Crippen molar-refractivity contribution >= 4 is 5.91 Å². The number of carbonyl (C=O) groups excluding carboxylic acids is 1. The van der Waals surface area contributed by atoms with Gasteiger partial charge in [-0.15, -0.1) is 0 Å². The second-order valence-electron chi connectivity index (χ2n) is 7.55. The third kappa shape index (κ3) is 4.16. The van der Waals surface area contributed by atoms with Gasteiger partial charge in [0.25, 0.3) is 0 Å². The van der Waals surface area contributed by atoms with E-state index in [-0.39, 0.29) is 11.8 Å². The summed E-state index contributed by atoms with van der Waals surface area (Å²) in [6.07, 6.45) is 0.448. The molecule has 4 nitrogen and oxygen atoms in total. The molecule has 146 valence electrons. The van der Waals surface area contributed by atoms with Gasteiger partial charge in [-0.05, 0) is 37.5 Å². The van der Waals surface area contributed by atoms with Crippen molar-refractivity contribution in [3.8, 4) is 0 Å². The van der Waals surface area contributed by atoms with E-state index >= 15 is 0 Å². The molecule has 0 spiro atoms. The molecule has 0 bridgehead atoms. The average molecular weight is 376 g/mol. The fourth-order valence-corrected chi connectivity index (χ4v) is 3.77. The van der Waals surface area contributed by atoms with Gasteiger partial charge in [0.05, 0.1) is 5.69 Å². The standard InChI is InChI=1S/C24H29N3O/c1-17-11-9-10-14-21(17)22(20-12-7-6-8-13-20)15-24(28)26(4)16-23-18(2)25-27(5)19(23)3/h6-14,22H,15-16H2,1-5H3/t22-/m1/s1. The summed E-state index contributed by atoms with van der Waals surface area (Å²) in [6, 6.07) is 18.7. The number of aryl methyl sites for hydroxylation is 3. The van der Waals surface area contributed by atoms with E-state index in [1.165, 1.54) is 16.7 Å². The van der Waals surface area contributed by atoms with Crippen molar-refractivity contribution in [1.29, 1.82) is 0 Å². The monoisotopic (exact) mass is 375 g/mol. The van der Waals surface area contributed by atoms with Crippen LogP contribution in [-0.2, 0) is 18.4 Å². The van der Waals surface area contributed by atoms with Crippen molar-refractivity contribution in [2.45, 2.75) is 39.7 Å². The summed E-state index contributed by atoms with van der Waals surface area (Å²) < 4.78 is 1.88. The van der Waals surface area contributed by atoms with Crippen LogP contribution >= 0.6 is 0 Å². The maximum Gasteiger partial charge on any atom is 0.223 e. The first kappa shape index (κ1) is 19.9. The van der Waals surface area contributed by atoms with Gasteiger partial charge in [-0.2, -0.15) is 5.10 Å². The lowest BCUT2D eigenvalue weighted by atomic mass is 9.85. The van der Waals surface area contributed by atoms with Gasteiger partial charge in [0.2, 0.25) is 5.91 Å². The molecule has 1 heterocycles. The SMILES string of the molecule is Cc1ccccc1[C@H](CC(=O)N(C)Cc1c(C)nn(C)c1C)c1ccccc1. The summed E-state index contributed by atoms with van der Waals surface area (Å²) >= 11 is 0. The number of aromatic nitrogens is 2. The van der Waals surface area contributed by atoms with E-state index in [0.717, 1.165) is 17.0 Å². The summed E-state index contributed by atoms with van der Waals surface area (Å²) in [5.74, 6) is 0.188. The van der Waals surface area contributed by atoms with E-state index in [0.29, 0.717) is 13.0 Å². The molecular formula is C24H29N3O. The van der Waals surface area contributed by atoms with Crippen molar-refractivity contribution in [3.63, 3.8) is 0 Å². The van der Waals surface area contributed by atoms with Crippen molar-refractivity contribution in [2.75, 3.05) is 7.05 Å². The molecule has 4 heteroatoms. The molecule has 0 aliphatic heterocycles. The molecule has 1 atom stereocenters. The average Bonchev–Trinajstić information content (AvgIpc) is 2.93. The van der Waals surface area contributed by atoms with Crippen LogP contribution in [0, 0.1) is 20.8 Å². The minimum atomic E-state index is 0.0495. The molecule has 2 aromatic carbocycles. The largest absolute Gasteiger partial charge is 0.341 e. The van der Waals surface area contributed by atoms with Gasteiger partial charge < -0.3 is 4.90 Å². The van der Waals surface area contributed by atoms with Gasteiger partial charge >= 0.3 is 0 Å². The topological polar surface area (TPSA) is 38.1 Å². The quantitative estimate of drug-likeness (QED) is 0.635. The molecule has 0 aliphatic rings. The summed E-state index contributed by atoms with van der Waals surface area (Å²) in [4.78, 5) is 15.0. The third-order valence-electron chi connectivity index (χ3n) is 5.62. The Bertz CT molecular complexity index is 959. The highest BCUT2D eigenvalue weighted by Crippen LogP contribution is 2.31. The molecular weight excluding hydrogens is 346 g/mol. The van der Waals surface area contributed by atoms with Crippen LogP contribution in [0.1, 0.15) is 46.0 Å². The van der Waals surface area contributed by atoms with E-state index in [1.54, 1.807) is 0 Å². The highest BCUT2D eigenvalue weighted by atomic mass is 16.2. The second kappa shape index (κ2) is 8.42. The molecule has 0 fully saturated rings. The van der Waals surface area contributed by atoms with Crippen molar-refractivity contribution in [2.24, 2.45) is 7.05 Å². The Morgan fingerprint density at radius 2 is 1.68 bits per heavy atom. The van der Waals surface area contributed by atoms with E-state index in [2.05, 4.69) is 42.4 Å². The molecule has 1 aromatic heterocycles. The first-order chi connectivity index (χ1) is 13.4. The minimum Gasteiger partial charge on any atom is -0.341 e. The second-order valence-corrected chi connectivity index (χ2v) is 7.55. The molecule has 1 amide bonds. The Morgan fingerprint density at radius 1 is 1.04 bits per heavy atom. The molecule has 0 N–H and O–H groups in total. The Hall–Kier alpha value is -2.88. The van der Waals surface area contributed by atoms with Crippen LogP contribution < -0.4 is 0 Å². The zero-order chi connectivity index (χ0) is 20.3. The van der Waals surface area contributed by atoms with Crippen LogP contribution in [0.4, 0.5) is 0 Å². The van der Waals surface area contributed by atoms with Gasteiger partial charge in [0.1, 0.15) is 0 Å². The number of hydrogen-bond donors (Lipinski definition) is 0.